The number of likely N-dealkylation sites (N-methyl/N-ethyl adjacent to an activating group) is 1. The molecule has 1 aromatic carbocycles. The van der Waals surface area contributed by atoms with Crippen molar-refractivity contribution in [2.75, 3.05) is 33.9 Å². The van der Waals surface area contributed by atoms with E-state index in [1.807, 2.05) is 6.07 Å². The van der Waals surface area contributed by atoms with Gasteiger partial charge >= 0.3 is 0 Å². The van der Waals surface area contributed by atoms with Crippen LogP contribution in [0.5, 0.6) is 11.5 Å². The molecule has 1 unspecified atom stereocenters. The third-order valence-electron chi connectivity index (χ3n) is 3.83. The molecule has 0 aromatic heterocycles. The van der Waals surface area contributed by atoms with Crippen molar-refractivity contribution in [3.05, 3.63) is 23.8 Å². The van der Waals surface area contributed by atoms with E-state index in [0.29, 0.717) is 5.92 Å². The van der Waals surface area contributed by atoms with Crippen molar-refractivity contribution in [2.45, 2.75) is 25.7 Å². The molecule has 3 heteroatoms. The van der Waals surface area contributed by atoms with Gasteiger partial charge in [-0.05, 0) is 49.5 Å². The predicted octanol–water partition coefficient (Wildman–Crippen LogP) is 2.90. The van der Waals surface area contributed by atoms with Gasteiger partial charge < -0.3 is 14.4 Å². The maximum Gasteiger partial charge on any atom is 0.160 e. The molecule has 1 atom stereocenters. The van der Waals surface area contributed by atoms with Gasteiger partial charge in [0.25, 0.3) is 0 Å². The minimum absolute atomic E-state index is 0.624. The Hall–Kier alpha value is -1.22. The normalized spacial score (nSPS) is 20.7. The van der Waals surface area contributed by atoms with E-state index in [0.717, 1.165) is 24.6 Å². The van der Waals surface area contributed by atoms with E-state index in [-0.39, 0.29) is 0 Å². The van der Waals surface area contributed by atoms with E-state index in [2.05, 4.69) is 24.0 Å². The molecule has 1 aromatic rings. The van der Waals surface area contributed by atoms with Crippen molar-refractivity contribution in [3.63, 3.8) is 0 Å². The summed E-state index contributed by atoms with van der Waals surface area (Å²) in [4.78, 5) is 2.52. The molecule has 1 fully saturated rings. The molecule has 2 rings (SSSR count). The van der Waals surface area contributed by atoms with Crippen LogP contribution in [0.25, 0.3) is 0 Å². The molecule has 1 heterocycles. The molecular formula is C15H23NO2. The lowest BCUT2D eigenvalue weighted by Crippen LogP contribution is -2.34. The third-order valence-corrected chi connectivity index (χ3v) is 3.83. The Labute approximate surface area is 110 Å². The van der Waals surface area contributed by atoms with Crippen molar-refractivity contribution in [1.82, 2.24) is 4.90 Å². The maximum atomic E-state index is 5.38. The van der Waals surface area contributed by atoms with Gasteiger partial charge in [-0.1, -0.05) is 13.0 Å². The Morgan fingerprint density at radius 2 is 2.00 bits per heavy atom. The van der Waals surface area contributed by atoms with Crippen LogP contribution in [-0.2, 0) is 0 Å². The second kappa shape index (κ2) is 6.10. The molecule has 0 aliphatic carbocycles. The number of methoxy groups -OCH3 is 2. The lowest BCUT2D eigenvalue weighted by Gasteiger charge is -2.32. The average Bonchev–Trinajstić information content (AvgIpc) is 2.46. The first-order valence-electron chi connectivity index (χ1n) is 6.72. The summed E-state index contributed by atoms with van der Waals surface area (Å²) in [6.45, 7) is 5.77. The average molecular weight is 249 g/mol. The first-order chi connectivity index (χ1) is 8.78. The lowest BCUT2D eigenvalue weighted by atomic mass is 9.90. The molecule has 0 N–H and O–H groups in total. The summed E-state index contributed by atoms with van der Waals surface area (Å²) >= 11 is 0. The highest BCUT2D eigenvalue weighted by atomic mass is 16.5. The molecule has 18 heavy (non-hydrogen) atoms. The first kappa shape index (κ1) is 13.2. The maximum absolute atomic E-state index is 5.38. The van der Waals surface area contributed by atoms with Crippen LogP contribution >= 0.6 is 0 Å². The van der Waals surface area contributed by atoms with Gasteiger partial charge in [-0.2, -0.15) is 0 Å². The SMILES string of the molecule is CCN1CCCC(c2ccc(OC)c(OC)c2)C1. The van der Waals surface area contributed by atoms with E-state index in [9.17, 15) is 0 Å². The number of ether oxygens (including phenoxy) is 2. The van der Waals surface area contributed by atoms with Crippen molar-refractivity contribution >= 4 is 0 Å². The number of piperidine rings is 1. The van der Waals surface area contributed by atoms with Gasteiger partial charge in [0.1, 0.15) is 0 Å². The summed E-state index contributed by atoms with van der Waals surface area (Å²) in [5.41, 5.74) is 1.37. The van der Waals surface area contributed by atoms with Crippen LogP contribution < -0.4 is 9.47 Å². The molecule has 0 saturated carbocycles. The second-order valence-corrected chi connectivity index (χ2v) is 4.85. The fraction of sp³-hybridized carbons (Fsp3) is 0.600. The van der Waals surface area contributed by atoms with E-state index in [1.54, 1.807) is 14.2 Å². The zero-order valence-corrected chi connectivity index (χ0v) is 11.6. The van der Waals surface area contributed by atoms with E-state index < -0.39 is 0 Å². The Morgan fingerprint density at radius 3 is 2.67 bits per heavy atom. The van der Waals surface area contributed by atoms with Crippen LogP contribution in [0, 0.1) is 0 Å². The summed E-state index contributed by atoms with van der Waals surface area (Å²) in [6.07, 6.45) is 2.55. The number of hydrogen-bond acceptors (Lipinski definition) is 3. The largest absolute Gasteiger partial charge is 0.493 e. The van der Waals surface area contributed by atoms with Crippen LogP contribution in [0.3, 0.4) is 0 Å². The molecule has 0 bridgehead atoms. The molecular weight excluding hydrogens is 226 g/mol. The number of rotatable bonds is 4. The summed E-state index contributed by atoms with van der Waals surface area (Å²) in [6, 6.07) is 6.31. The van der Waals surface area contributed by atoms with Crippen LogP contribution in [0.2, 0.25) is 0 Å². The van der Waals surface area contributed by atoms with Crippen molar-refractivity contribution in [1.29, 1.82) is 0 Å². The molecule has 100 valence electrons. The summed E-state index contributed by atoms with van der Waals surface area (Å²) in [5, 5.41) is 0. The van der Waals surface area contributed by atoms with Crippen molar-refractivity contribution in [2.24, 2.45) is 0 Å². The Balaban J connectivity index is 2.17. The van der Waals surface area contributed by atoms with Crippen LogP contribution in [0.1, 0.15) is 31.2 Å². The smallest absolute Gasteiger partial charge is 0.160 e. The third kappa shape index (κ3) is 2.78. The minimum atomic E-state index is 0.624. The zero-order valence-electron chi connectivity index (χ0n) is 11.6. The highest BCUT2D eigenvalue weighted by Crippen LogP contribution is 2.33. The summed E-state index contributed by atoms with van der Waals surface area (Å²) in [5.74, 6) is 2.27. The molecule has 0 spiro atoms. The quantitative estimate of drug-likeness (QED) is 0.819. The molecule has 1 aliphatic rings. The Bertz CT molecular complexity index is 392. The summed E-state index contributed by atoms with van der Waals surface area (Å²) in [7, 11) is 3.37. The second-order valence-electron chi connectivity index (χ2n) is 4.85. The van der Waals surface area contributed by atoms with Crippen LogP contribution in [0.4, 0.5) is 0 Å². The number of likely N-dealkylation sites (tertiary alicyclic amines) is 1. The van der Waals surface area contributed by atoms with Crippen LogP contribution in [0.15, 0.2) is 18.2 Å². The van der Waals surface area contributed by atoms with Crippen molar-refractivity contribution in [3.8, 4) is 11.5 Å². The standard InChI is InChI=1S/C15H23NO2/c1-4-16-9-5-6-13(11-16)12-7-8-14(17-2)15(10-12)18-3/h7-8,10,13H,4-6,9,11H2,1-3H3. The lowest BCUT2D eigenvalue weighted by molar-refractivity contribution is 0.217. The Kier molecular flexibility index (Phi) is 4.48. The van der Waals surface area contributed by atoms with Crippen molar-refractivity contribution < 1.29 is 9.47 Å². The zero-order chi connectivity index (χ0) is 13.0. The van der Waals surface area contributed by atoms with Gasteiger partial charge in [0, 0.05) is 6.54 Å². The Morgan fingerprint density at radius 1 is 1.22 bits per heavy atom. The molecule has 1 saturated heterocycles. The van der Waals surface area contributed by atoms with Gasteiger partial charge in [0.2, 0.25) is 0 Å². The fourth-order valence-corrected chi connectivity index (χ4v) is 2.72. The van der Waals surface area contributed by atoms with E-state index >= 15 is 0 Å². The summed E-state index contributed by atoms with van der Waals surface area (Å²) < 4.78 is 10.7. The van der Waals surface area contributed by atoms with Gasteiger partial charge in [-0.25, -0.2) is 0 Å². The predicted molar refractivity (Wildman–Crippen MR) is 73.6 cm³/mol. The highest BCUT2D eigenvalue weighted by Gasteiger charge is 2.21. The topological polar surface area (TPSA) is 21.7 Å². The number of nitrogens with zero attached hydrogens (tertiary/aromatic N) is 1. The monoisotopic (exact) mass is 249 g/mol. The van der Waals surface area contributed by atoms with Gasteiger partial charge in [-0.3, -0.25) is 0 Å². The molecule has 3 nitrogen and oxygen atoms in total. The van der Waals surface area contributed by atoms with E-state index in [4.69, 9.17) is 9.47 Å². The molecule has 1 aliphatic heterocycles. The fourth-order valence-electron chi connectivity index (χ4n) is 2.72. The van der Waals surface area contributed by atoms with E-state index in [1.165, 1.54) is 24.9 Å². The van der Waals surface area contributed by atoms with Crippen LogP contribution in [-0.4, -0.2) is 38.8 Å². The number of benzene rings is 1. The first-order valence-corrected chi connectivity index (χ1v) is 6.72. The van der Waals surface area contributed by atoms with Gasteiger partial charge in [0.15, 0.2) is 11.5 Å². The van der Waals surface area contributed by atoms with Gasteiger partial charge in [0.05, 0.1) is 14.2 Å². The minimum Gasteiger partial charge on any atom is -0.493 e. The molecule has 0 radical (unpaired) electrons. The van der Waals surface area contributed by atoms with Gasteiger partial charge in [-0.15, -0.1) is 0 Å². The number of hydrogen-bond donors (Lipinski definition) is 0. The highest BCUT2D eigenvalue weighted by molar-refractivity contribution is 5.44. The molecule has 0 amide bonds.